The minimum atomic E-state index is -3.04. The average molecular weight is 467 g/mol. The van der Waals surface area contributed by atoms with Crippen molar-refractivity contribution in [3.63, 3.8) is 0 Å². The summed E-state index contributed by atoms with van der Waals surface area (Å²) in [7, 11) is 0. The first-order valence-corrected chi connectivity index (χ1v) is 11.2. The molecule has 1 saturated heterocycles. The van der Waals surface area contributed by atoms with Crippen LogP contribution in [0.25, 0.3) is 0 Å². The molecule has 1 fully saturated rings. The third kappa shape index (κ3) is 3.84. The van der Waals surface area contributed by atoms with Crippen LogP contribution in [0.1, 0.15) is 47.5 Å². The molecule has 3 atom stereocenters. The number of halogens is 3. The van der Waals surface area contributed by atoms with Crippen molar-refractivity contribution in [1.82, 2.24) is 20.3 Å². The van der Waals surface area contributed by atoms with Crippen LogP contribution in [0.5, 0.6) is 5.75 Å². The summed E-state index contributed by atoms with van der Waals surface area (Å²) in [4.78, 5) is 0.513. The predicted molar refractivity (Wildman–Crippen MR) is 113 cm³/mol. The average Bonchev–Trinajstić information content (AvgIpc) is 3.33. The van der Waals surface area contributed by atoms with E-state index in [0.29, 0.717) is 28.6 Å². The number of rotatable bonds is 3. The number of piperidine rings is 1. The quantitative estimate of drug-likeness (QED) is 0.591. The fourth-order valence-electron chi connectivity index (χ4n) is 4.60. The van der Waals surface area contributed by atoms with Gasteiger partial charge in [0.1, 0.15) is 18.0 Å². The number of aromatic nitrogens is 3. The van der Waals surface area contributed by atoms with Gasteiger partial charge in [-0.05, 0) is 37.1 Å². The molecule has 2 N–H and O–H groups in total. The van der Waals surface area contributed by atoms with Gasteiger partial charge in [0.05, 0.1) is 28.8 Å². The van der Waals surface area contributed by atoms with Crippen LogP contribution in [0.2, 0.25) is 4.34 Å². The monoisotopic (exact) mass is 466 g/mol. The zero-order chi connectivity index (χ0) is 21.8. The largest absolute Gasteiger partial charge is 0.508 e. The molecular weight excluding hydrogens is 446 g/mol. The fraction of sp³-hybridized carbons (Fsp3) is 0.429. The van der Waals surface area contributed by atoms with E-state index in [1.54, 1.807) is 22.9 Å². The van der Waals surface area contributed by atoms with Crippen molar-refractivity contribution >= 4 is 22.9 Å². The van der Waals surface area contributed by atoms with Gasteiger partial charge in [-0.2, -0.15) is 8.78 Å². The minimum absolute atomic E-state index is 0.0193. The number of nitrogens with one attached hydrogen (secondary N) is 1. The highest BCUT2D eigenvalue weighted by atomic mass is 35.5. The highest BCUT2D eigenvalue weighted by molar-refractivity contribution is 7.16. The molecule has 164 valence electrons. The first kappa shape index (κ1) is 20.8. The molecule has 1 spiro atoms. The van der Waals surface area contributed by atoms with E-state index in [1.807, 2.05) is 19.2 Å². The van der Waals surface area contributed by atoms with Crippen molar-refractivity contribution in [2.75, 3.05) is 6.61 Å². The summed E-state index contributed by atoms with van der Waals surface area (Å²) in [6, 6.07) is 8.15. The number of thiophene rings is 1. The maximum absolute atomic E-state index is 14.5. The van der Waals surface area contributed by atoms with E-state index in [0.717, 1.165) is 11.3 Å². The van der Waals surface area contributed by atoms with Gasteiger partial charge >= 0.3 is 0 Å². The van der Waals surface area contributed by atoms with Crippen molar-refractivity contribution in [1.29, 1.82) is 0 Å². The van der Waals surface area contributed by atoms with Crippen molar-refractivity contribution in [3.8, 4) is 5.75 Å². The molecule has 2 aromatic heterocycles. The van der Waals surface area contributed by atoms with Gasteiger partial charge < -0.3 is 15.2 Å². The molecule has 10 heteroatoms. The number of hydrogen-bond donors (Lipinski definition) is 2. The van der Waals surface area contributed by atoms with E-state index in [9.17, 15) is 13.9 Å². The van der Waals surface area contributed by atoms with Crippen LogP contribution < -0.4 is 5.32 Å². The van der Waals surface area contributed by atoms with Crippen molar-refractivity contribution in [2.24, 2.45) is 0 Å². The zero-order valence-electron chi connectivity index (χ0n) is 16.7. The lowest BCUT2D eigenvalue weighted by molar-refractivity contribution is -0.183. The summed E-state index contributed by atoms with van der Waals surface area (Å²) in [6.07, 6.45) is 2.87. The lowest BCUT2D eigenvalue weighted by Crippen LogP contribution is -2.51. The van der Waals surface area contributed by atoms with Gasteiger partial charge in [-0.15, -0.1) is 16.4 Å². The topological polar surface area (TPSA) is 72.2 Å². The first-order chi connectivity index (χ1) is 14.7. The lowest BCUT2D eigenvalue weighted by Gasteiger charge is -2.47. The van der Waals surface area contributed by atoms with Crippen molar-refractivity contribution < 1.29 is 18.6 Å². The SMILES string of the molecule is C[C@H]1C[C@@]2(C[C@@H](c3cn(Cc4cccc(O)c4)nn3)N1)OCC(F)(F)c1cc(Cl)sc12. The van der Waals surface area contributed by atoms with Gasteiger partial charge in [0.25, 0.3) is 5.92 Å². The molecule has 0 radical (unpaired) electrons. The third-order valence-electron chi connectivity index (χ3n) is 5.86. The first-order valence-electron chi connectivity index (χ1n) is 10.0. The van der Waals surface area contributed by atoms with Gasteiger partial charge in [0.2, 0.25) is 0 Å². The molecular formula is C21H21ClF2N4O2S. The number of aromatic hydroxyl groups is 1. The third-order valence-corrected chi connectivity index (χ3v) is 7.31. The van der Waals surface area contributed by atoms with E-state index >= 15 is 0 Å². The van der Waals surface area contributed by atoms with Crippen LogP contribution >= 0.6 is 22.9 Å². The van der Waals surface area contributed by atoms with Gasteiger partial charge in [-0.1, -0.05) is 28.9 Å². The Balaban J connectivity index is 1.43. The van der Waals surface area contributed by atoms with E-state index in [1.165, 1.54) is 17.4 Å². The number of ether oxygens (including phenoxy) is 1. The number of phenolic OH excluding ortho intramolecular Hbond substituents is 1. The molecule has 6 nitrogen and oxygen atoms in total. The van der Waals surface area contributed by atoms with Crippen LogP contribution in [0.3, 0.4) is 0 Å². The molecule has 0 saturated carbocycles. The minimum Gasteiger partial charge on any atom is -0.508 e. The van der Waals surface area contributed by atoms with Gasteiger partial charge in [-0.3, -0.25) is 0 Å². The number of fused-ring (bicyclic) bond motifs is 2. The Bertz CT molecular complexity index is 1120. The molecule has 5 rings (SSSR count). The van der Waals surface area contributed by atoms with Crippen molar-refractivity contribution in [2.45, 2.75) is 49.9 Å². The summed E-state index contributed by atoms with van der Waals surface area (Å²) < 4.78 is 36.9. The van der Waals surface area contributed by atoms with E-state index in [4.69, 9.17) is 16.3 Å². The normalized spacial score (nSPS) is 27.4. The fourth-order valence-corrected chi connectivity index (χ4v) is 6.04. The van der Waals surface area contributed by atoms with Crippen LogP contribution in [0.15, 0.2) is 36.5 Å². The van der Waals surface area contributed by atoms with E-state index < -0.39 is 18.1 Å². The Kier molecular flexibility index (Phi) is 5.04. The van der Waals surface area contributed by atoms with Crippen LogP contribution in [-0.2, 0) is 22.8 Å². The molecule has 2 aliphatic rings. The Morgan fingerprint density at radius 3 is 3.00 bits per heavy atom. The number of nitrogens with zero attached hydrogens (tertiary/aromatic N) is 3. The Hall–Kier alpha value is -2.07. The standard InChI is InChI=1S/C21H21ClF2N4O2S/c1-12-7-20(19-15(6-18(22)31-19)21(23,24)11-30-20)8-16(25-12)17-10-28(27-26-17)9-13-3-2-4-14(29)5-13/h2-6,10,12,16,25,29H,7-9,11H2,1H3/t12-,16-,20-/m0/s1. The number of phenols is 1. The highest BCUT2D eigenvalue weighted by Crippen LogP contribution is 2.54. The maximum Gasteiger partial charge on any atom is 0.297 e. The molecule has 2 aliphatic heterocycles. The molecule has 1 aromatic carbocycles. The highest BCUT2D eigenvalue weighted by Gasteiger charge is 2.53. The summed E-state index contributed by atoms with van der Waals surface area (Å²) in [6.45, 7) is 1.81. The Labute approximate surface area is 186 Å². The second-order valence-electron chi connectivity index (χ2n) is 8.32. The van der Waals surface area contributed by atoms with E-state index in [2.05, 4.69) is 15.6 Å². The number of alkyl halides is 2. The Morgan fingerprint density at radius 2 is 2.19 bits per heavy atom. The Morgan fingerprint density at radius 1 is 1.35 bits per heavy atom. The van der Waals surface area contributed by atoms with E-state index in [-0.39, 0.29) is 23.4 Å². The van der Waals surface area contributed by atoms with Gasteiger partial charge in [0, 0.05) is 22.9 Å². The summed E-state index contributed by atoms with van der Waals surface area (Å²) in [5.41, 5.74) is 0.762. The van der Waals surface area contributed by atoms with Gasteiger partial charge in [0.15, 0.2) is 0 Å². The lowest BCUT2D eigenvalue weighted by atomic mass is 9.78. The smallest absolute Gasteiger partial charge is 0.297 e. The van der Waals surface area contributed by atoms with Crippen LogP contribution in [-0.4, -0.2) is 32.7 Å². The summed E-state index contributed by atoms with van der Waals surface area (Å²) in [5.74, 6) is -2.85. The molecule has 4 heterocycles. The number of benzene rings is 1. The molecule has 0 amide bonds. The summed E-state index contributed by atoms with van der Waals surface area (Å²) >= 11 is 7.31. The molecule has 0 unspecified atom stereocenters. The molecule has 0 aliphatic carbocycles. The summed E-state index contributed by atoms with van der Waals surface area (Å²) in [5, 5.41) is 21.7. The second-order valence-corrected chi connectivity index (χ2v) is 10.0. The maximum atomic E-state index is 14.5. The number of hydrogen-bond acceptors (Lipinski definition) is 6. The van der Waals surface area contributed by atoms with Crippen molar-refractivity contribution in [3.05, 3.63) is 62.6 Å². The predicted octanol–water partition coefficient (Wildman–Crippen LogP) is 4.58. The van der Waals surface area contributed by atoms with Crippen LogP contribution in [0, 0.1) is 0 Å². The molecule has 31 heavy (non-hydrogen) atoms. The zero-order valence-corrected chi connectivity index (χ0v) is 18.3. The van der Waals surface area contributed by atoms with Gasteiger partial charge in [-0.25, -0.2) is 4.68 Å². The molecule has 0 bridgehead atoms. The van der Waals surface area contributed by atoms with Crippen LogP contribution in [0.4, 0.5) is 8.78 Å². The second kappa shape index (κ2) is 7.51. The molecule has 3 aromatic rings.